The summed E-state index contributed by atoms with van der Waals surface area (Å²) in [4.78, 5) is 14.4. The highest BCUT2D eigenvalue weighted by atomic mass is 16.5. The first-order chi connectivity index (χ1) is 10.1. The quantitative estimate of drug-likeness (QED) is 0.906. The number of nitrogens with one attached hydrogen (secondary N) is 1. The summed E-state index contributed by atoms with van der Waals surface area (Å²) in [6, 6.07) is 5.27. The second-order valence-electron chi connectivity index (χ2n) is 5.35. The molecule has 5 heteroatoms. The van der Waals surface area contributed by atoms with Crippen LogP contribution in [0.15, 0.2) is 18.2 Å². The fourth-order valence-corrected chi connectivity index (χ4v) is 2.59. The van der Waals surface area contributed by atoms with Crippen LogP contribution in [0.4, 0.5) is 5.69 Å². The molecule has 1 aliphatic rings. The maximum absolute atomic E-state index is 12.4. The van der Waals surface area contributed by atoms with Gasteiger partial charge in [-0.15, -0.1) is 0 Å². The number of likely N-dealkylation sites (tertiary alicyclic amines) is 1. The number of methoxy groups -OCH3 is 2. The lowest BCUT2D eigenvalue weighted by atomic mass is 10.1. The van der Waals surface area contributed by atoms with Gasteiger partial charge in [0.2, 0.25) is 5.91 Å². The van der Waals surface area contributed by atoms with Crippen LogP contribution in [0.5, 0.6) is 11.5 Å². The summed E-state index contributed by atoms with van der Waals surface area (Å²) in [6.07, 6.45) is 3.43. The molecule has 1 aliphatic heterocycles. The number of benzene rings is 1. The molecule has 1 aromatic rings. The number of ether oxygens (including phenoxy) is 2. The molecule has 21 heavy (non-hydrogen) atoms. The van der Waals surface area contributed by atoms with Gasteiger partial charge < -0.3 is 19.7 Å². The van der Waals surface area contributed by atoms with Crippen LogP contribution in [0.3, 0.4) is 0 Å². The summed E-state index contributed by atoms with van der Waals surface area (Å²) in [5.74, 6) is 1.56. The molecule has 1 aromatic carbocycles. The van der Waals surface area contributed by atoms with E-state index in [1.54, 1.807) is 14.2 Å². The van der Waals surface area contributed by atoms with Crippen LogP contribution in [0.2, 0.25) is 0 Å². The summed E-state index contributed by atoms with van der Waals surface area (Å²) in [5.41, 5.74) is 0.823. The maximum atomic E-state index is 12.4. The lowest BCUT2D eigenvalue weighted by molar-refractivity contribution is -0.132. The molecule has 1 saturated heterocycles. The first kappa shape index (κ1) is 15.5. The zero-order valence-corrected chi connectivity index (χ0v) is 13.0. The third-order valence-electron chi connectivity index (χ3n) is 3.77. The molecule has 0 spiro atoms. The number of piperidine rings is 1. The minimum absolute atomic E-state index is 0.150. The normalized spacial score (nSPS) is 16.2. The monoisotopic (exact) mass is 292 g/mol. The fourth-order valence-electron chi connectivity index (χ4n) is 2.59. The molecule has 0 aromatic heterocycles. The van der Waals surface area contributed by atoms with Crippen LogP contribution in [-0.4, -0.2) is 44.2 Å². The number of rotatable bonds is 5. The summed E-state index contributed by atoms with van der Waals surface area (Å²) < 4.78 is 10.5. The van der Waals surface area contributed by atoms with Crippen LogP contribution in [0, 0.1) is 0 Å². The van der Waals surface area contributed by atoms with Gasteiger partial charge in [0, 0.05) is 37.0 Å². The van der Waals surface area contributed by atoms with Crippen molar-refractivity contribution in [2.24, 2.45) is 0 Å². The van der Waals surface area contributed by atoms with Gasteiger partial charge in [-0.1, -0.05) is 0 Å². The van der Waals surface area contributed by atoms with E-state index in [2.05, 4.69) is 5.32 Å². The Kier molecular flexibility index (Phi) is 5.31. The van der Waals surface area contributed by atoms with E-state index in [4.69, 9.17) is 9.47 Å². The molecule has 1 N–H and O–H groups in total. The number of anilines is 1. The van der Waals surface area contributed by atoms with Crippen molar-refractivity contribution in [3.05, 3.63) is 18.2 Å². The zero-order chi connectivity index (χ0) is 15.2. The van der Waals surface area contributed by atoms with Crippen LogP contribution >= 0.6 is 0 Å². The second kappa shape index (κ2) is 7.20. The van der Waals surface area contributed by atoms with E-state index in [1.165, 1.54) is 6.42 Å². The molecule has 1 amide bonds. The predicted octanol–water partition coefficient (Wildman–Crippen LogP) is 2.52. The molecular formula is C16H24N2O3. The van der Waals surface area contributed by atoms with Gasteiger partial charge in [-0.25, -0.2) is 0 Å². The Bertz CT molecular complexity index is 462. The number of carbonyl (C=O) groups excluding carboxylic acids is 1. The van der Waals surface area contributed by atoms with Crippen LogP contribution < -0.4 is 14.8 Å². The Balaban J connectivity index is 2.04. The van der Waals surface area contributed by atoms with Crippen molar-refractivity contribution in [1.82, 2.24) is 4.90 Å². The van der Waals surface area contributed by atoms with Crippen molar-refractivity contribution in [2.75, 3.05) is 32.6 Å². The topological polar surface area (TPSA) is 50.8 Å². The Morgan fingerprint density at radius 2 is 1.67 bits per heavy atom. The van der Waals surface area contributed by atoms with E-state index in [-0.39, 0.29) is 11.9 Å². The van der Waals surface area contributed by atoms with E-state index in [0.717, 1.165) is 31.6 Å². The molecule has 116 valence electrons. The largest absolute Gasteiger partial charge is 0.497 e. The van der Waals surface area contributed by atoms with Gasteiger partial charge in [0.1, 0.15) is 17.5 Å². The standard InChI is InChI=1S/C16H24N2O3/c1-12(16(19)18-7-5-4-6-8-18)17-13-9-14(20-2)11-15(10-13)21-3/h9-12,17H,4-8H2,1-3H3. The molecule has 0 bridgehead atoms. The van der Waals surface area contributed by atoms with E-state index in [9.17, 15) is 4.79 Å². The maximum Gasteiger partial charge on any atom is 0.244 e. The number of carbonyl (C=O) groups is 1. The second-order valence-corrected chi connectivity index (χ2v) is 5.35. The summed E-state index contributed by atoms with van der Waals surface area (Å²) in [6.45, 7) is 3.63. The Morgan fingerprint density at radius 3 is 2.19 bits per heavy atom. The van der Waals surface area contributed by atoms with Gasteiger partial charge in [0.05, 0.1) is 14.2 Å². The Labute approximate surface area is 126 Å². The summed E-state index contributed by atoms with van der Waals surface area (Å²) >= 11 is 0. The van der Waals surface area contributed by atoms with E-state index >= 15 is 0 Å². The highest BCUT2D eigenvalue weighted by molar-refractivity contribution is 5.84. The van der Waals surface area contributed by atoms with Crippen LogP contribution in [0.1, 0.15) is 26.2 Å². The molecule has 1 atom stereocenters. The smallest absolute Gasteiger partial charge is 0.244 e. The fraction of sp³-hybridized carbons (Fsp3) is 0.562. The van der Waals surface area contributed by atoms with E-state index < -0.39 is 0 Å². The number of amides is 1. The van der Waals surface area contributed by atoms with Gasteiger partial charge in [-0.2, -0.15) is 0 Å². The van der Waals surface area contributed by atoms with Crippen molar-refractivity contribution >= 4 is 11.6 Å². The first-order valence-electron chi connectivity index (χ1n) is 7.42. The number of hydrogen-bond donors (Lipinski definition) is 1. The van der Waals surface area contributed by atoms with Gasteiger partial charge in [-0.05, 0) is 26.2 Å². The van der Waals surface area contributed by atoms with Crippen molar-refractivity contribution in [2.45, 2.75) is 32.2 Å². The lowest BCUT2D eigenvalue weighted by Gasteiger charge is -2.29. The first-order valence-corrected chi connectivity index (χ1v) is 7.42. The van der Waals surface area contributed by atoms with Crippen molar-refractivity contribution in [3.8, 4) is 11.5 Å². The van der Waals surface area contributed by atoms with E-state index in [0.29, 0.717) is 11.5 Å². The molecular weight excluding hydrogens is 268 g/mol. The third-order valence-corrected chi connectivity index (χ3v) is 3.77. The van der Waals surface area contributed by atoms with Gasteiger partial charge >= 0.3 is 0 Å². The summed E-state index contributed by atoms with van der Waals surface area (Å²) in [5, 5.41) is 3.24. The van der Waals surface area contributed by atoms with Gasteiger partial charge in [-0.3, -0.25) is 4.79 Å². The molecule has 1 unspecified atom stereocenters. The zero-order valence-electron chi connectivity index (χ0n) is 13.0. The minimum Gasteiger partial charge on any atom is -0.497 e. The predicted molar refractivity (Wildman–Crippen MR) is 83.1 cm³/mol. The van der Waals surface area contributed by atoms with Crippen LogP contribution in [0.25, 0.3) is 0 Å². The Hall–Kier alpha value is -1.91. The highest BCUT2D eigenvalue weighted by Crippen LogP contribution is 2.26. The summed E-state index contributed by atoms with van der Waals surface area (Å²) in [7, 11) is 3.22. The van der Waals surface area contributed by atoms with Crippen LogP contribution in [-0.2, 0) is 4.79 Å². The molecule has 5 nitrogen and oxygen atoms in total. The molecule has 0 saturated carbocycles. The Morgan fingerprint density at radius 1 is 1.10 bits per heavy atom. The molecule has 0 aliphatic carbocycles. The van der Waals surface area contributed by atoms with Crippen molar-refractivity contribution in [3.63, 3.8) is 0 Å². The van der Waals surface area contributed by atoms with Gasteiger partial charge in [0.25, 0.3) is 0 Å². The average molecular weight is 292 g/mol. The highest BCUT2D eigenvalue weighted by Gasteiger charge is 2.22. The average Bonchev–Trinajstić information content (AvgIpc) is 2.54. The number of hydrogen-bond acceptors (Lipinski definition) is 4. The van der Waals surface area contributed by atoms with E-state index in [1.807, 2.05) is 30.0 Å². The minimum atomic E-state index is -0.264. The lowest BCUT2D eigenvalue weighted by Crippen LogP contribution is -2.43. The van der Waals surface area contributed by atoms with Crippen molar-refractivity contribution < 1.29 is 14.3 Å². The van der Waals surface area contributed by atoms with Gasteiger partial charge in [0.15, 0.2) is 0 Å². The number of nitrogens with zero attached hydrogens (tertiary/aromatic N) is 1. The molecule has 1 fully saturated rings. The molecule has 2 rings (SSSR count). The SMILES string of the molecule is COc1cc(NC(C)C(=O)N2CCCCC2)cc(OC)c1. The third kappa shape index (κ3) is 4.03. The molecule has 0 radical (unpaired) electrons. The van der Waals surface area contributed by atoms with Crippen molar-refractivity contribution in [1.29, 1.82) is 0 Å². The molecule has 1 heterocycles.